The fourth-order valence-electron chi connectivity index (χ4n) is 4.21. The Labute approximate surface area is 196 Å². The zero-order chi connectivity index (χ0) is 22.8. The van der Waals surface area contributed by atoms with Crippen molar-refractivity contribution in [2.45, 2.75) is 18.6 Å². The van der Waals surface area contributed by atoms with Gasteiger partial charge in [-0.15, -0.1) is 0 Å². The minimum Gasteiger partial charge on any atom is -0.478 e. The molecule has 0 radical (unpaired) electrons. The Morgan fingerprint density at radius 3 is 2.52 bits per heavy atom. The van der Waals surface area contributed by atoms with Crippen molar-refractivity contribution in [3.05, 3.63) is 114 Å². The van der Waals surface area contributed by atoms with Gasteiger partial charge in [-0.2, -0.15) is 0 Å². The van der Waals surface area contributed by atoms with E-state index in [1.54, 1.807) is 30.5 Å². The van der Waals surface area contributed by atoms with Crippen molar-refractivity contribution in [2.75, 3.05) is 0 Å². The second kappa shape index (κ2) is 8.88. The molecule has 1 aliphatic rings. The summed E-state index contributed by atoms with van der Waals surface area (Å²) >= 11 is 5.72. The highest BCUT2D eigenvalue weighted by Crippen LogP contribution is 2.41. The Hall–Kier alpha value is -3.97. The van der Waals surface area contributed by atoms with Gasteiger partial charge in [0.1, 0.15) is 17.6 Å². The summed E-state index contributed by atoms with van der Waals surface area (Å²) in [4.78, 5) is 18.3. The maximum absolute atomic E-state index is 11.7. The molecule has 2 aromatic carbocycles. The standard InChI is InChI=1S/C26H21N3O3S/c30-25(31)19-11-5-4-10-18(19)21-13-14-22(32-21)24-23(20-12-6-7-15-27-20)28-26(33)29(24)16-17-8-2-1-3-9-17/h1-15,23-24H,16H2,(H,28,33)(H,30,31)/t23-,24+/m1/s1. The molecule has 2 atom stereocenters. The molecule has 2 N–H and O–H groups in total. The lowest BCUT2D eigenvalue weighted by Gasteiger charge is -2.26. The molecule has 164 valence electrons. The molecule has 33 heavy (non-hydrogen) atoms. The Bertz CT molecular complexity index is 1290. The minimum atomic E-state index is -0.996. The number of aromatic carboxylic acids is 1. The van der Waals surface area contributed by atoms with Gasteiger partial charge in [0.2, 0.25) is 0 Å². The Morgan fingerprint density at radius 2 is 1.76 bits per heavy atom. The van der Waals surface area contributed by atoms with E-state index in [9.17, 15) is 9.90 Å². The molecule has 0 saturated carbocycles. The number of carboxylic acids is 1. The first kappa shape index (κ1) is 20.9. The molecular formula is C26H21N3O3S. The van der Waals surface area contributed by atoms with Crippen molar-refractivity contribution >= 4 is 23.3 Å². The number of hydrogen-bond donors (Lipinski definition) is 2. The van der Waals surface area contributed by atoms with E-state index in [2.05, 4.69) is 27.3 Å². The number of carboxylic acid groups (broad SMARTS) is 1. The number of aromatic nitrogens is 1. The number of furan rings is 1. The summed E-state index contributed by atoms with van der Waals surface area (Å²) in [5.74, 6) is 0.189. The van der Waals surface area contributed by atoms with Crippen molar-refractivity contribution in [2.24, 2.45) is 0 Å². The normalized spacial score (nSPS) is 17.7. The van der Waals surface area contributed by atoms with Crippen LogP contribution in [0.1, 0.15) is 39.5 Å². The molecule has 0 aliphatic carbocycles. The van der Waals surface area contributed by atoms with Crippen LogP contribution in [-0.2, 0) is 6.54 Å². The SMILES string of the molecule is O=C(O)c1ccccc1-c1ccc([C@H]2[C@@H](c3ccccn3)NC(=S)N2Cc2ccccc2)o1. The lowest BCUT2D eigenvalue weighted by molar-refractivity contribution is 0.0697. The van der Waals surface area contributed by atoms with E-state index in [1.165, 1.54) is 0 Å². The van der Waals surface area contributed by atoms with Gasteiger partial charge in [0, 0.05) is 18.3 Å². The highest BCUT2D eigenvalue weighted by molar-refractivity contribution is 7.80. The van der Waals surface area contributed by atoms with Gasteiger partial charge in [-0.1, -0.05) is 54.6 Å². The smallest absolute Gasteiger partial charge is 0.336 e. The van der Waals surface area contributed by atoms with Gasteiger partial charge in [-0.25, -0.2) is 4.79 Å². The van der Waals surface area contributed by atoms with E-state index in [1.807, 2.05) is 48.5 Å². The van der Waals surface area contributed by atoms with E-state index in [-0.39, 0.29) is 17.6 Å². The van der Waals surface area contributed by atoms with Gasteiger partial charge in [0.25, 0.3) is 0 Å². The summed E-state index contributed by atoms with van der Waals surface area (Å²) in [6.07, 6.45) is 1.76. The number of carbonyl (C=O) groups is 1. The molecule has 0 spiro atoms. The summed E-state index contributed by atoms with van der Waals surface area (Å²) < 4.78 is 6.28. The maximum atomic E-state index is 11.7. The molecule has 1 fully saturated rings. The lowest BCUT2D eigenvalue weighted by Crippen LogP contribution is -2.29. The first-order valence-corrected chi connectivity index (χ1v) is 11.0. The van der Waals surface area contributed by atoms with Crippen molar-refractivity contribution in [3.8, 4) is 11.3 Å². The molecule has 4 aromatic rings. The van der Waals surface area contributed by atoms with Crippen LogP contribution in [0.2, 0.25) is 0 Å². The fourth-order valence-corrected chi connectivity index (χ4v) is 4.51. The zero-order valence-electron chi connectivity index (χ0n) is 17.6. The molecule has 0 amide bonds. The largest absolute Gasteiger partial charge is 0.478 e. The molecule has 7 heteroatoms. The van der Waals surface area contributed by atoms with Crippen molar-refractivity contribution in [1.82, 2.24) is 15.2 Å². The minimum absolute atomic E-state index is 0.195. The van der Waals surface area contributed by atoms with Gasteiger partial charge in [-0.05, 0) is 48.1 Å². The summed E-state index contributed by atoms with van der Waals surface area (Å²) in [6.45, 7) is 0.600. The first-order valence-electron chi connectivity index (χ1n) is 10.6. The van der Waals surface area contributed by atoms with Crippen molar-refractivity contribution in [1.29, 1.82) is 0 Å². The Balaban J connectivity index is 1.56. The number of benzene rings is 2. The lowest BCUT2D eigenvalue weighted by atomic mass is 10.0. The van der Waals surface area contributed by atoms with E-state index in [0.29, 0.717) is 28.7 Å². The van der Waals surface area contributed by atoms with Crippen LogP contribution in [0.5, 0.6) is 0 Å². The first-order chi connectivity index (χ1) is 16.1. The number of nitrogens with zero attached hydrogens (tertiary/aromatic N) is 2. The van der Waals surface area contributed by atoms with E-state index < -0.39 is 5.97 Å². The van der Waals surface area contributed by atoms with Crippen LogP contribution in [0, 0.1) is 0 Å². The van der Waals surface area contributed by atoms with Crippen LogP contribution in [-0.4, -0.2) is 26.1 Å². The quantitative estimate of drug-likeness (QED) is 0.386. The summed E-state index contributed by atoms with van der Waals surface area (Å²) in [6, 6.07) is 26.0. The number of hydrogen-bond acceptors (Lipinski definition) is 4. The summed E-state index contributed by atoms with van der Waals surface area (Å²) in [5.41, 5.74) is 2.70. The van der Waals surface area contributed by atoms with Gasteiger partial charge >= 0.3 is 5.97 Å². The molecule has 0 bridgehead atoms. The number of pyridine rings is 1. The van der Waals surface area contributed by atoms with Crippen LogP contribution in [0.3, 0.4) is 0 Å². The number of nitrogens with one attached hydrogen (secondary N) is 1. The zero-order valence-corrected chi connectivity index (χ0v) is 18.4. The van der Waals surface area contributed by atoms with Gasteiger partial charge in [0.15, 0.2) is 5.11 Å². The molecule has 1 aliphatic heterocycles. The second-order valence-corrected chi connectivity index (χ2v) is 8.18. The van der Waals surface area contributed by atoms with Gasteiger partial charge in [0.05, 0.1) is 17.3 Å². The highest BCUT2D eigenvalue weighted by atomic mass is 32.1. The third-order valence-electron chi connectivity index (χ3n) is 5.73. The molecule has 0 unspecified atom stereocenters. The molecule has 3 heterocycles. The highest BCUT2D eigenvalue weighted by Gasteiger charge is 2.41. The van der Waals surface area contributed by atoms with Gasteiger partial charge < -0.3 is 19.7 Å². The number of thiocarbonyl (C=S) groups is 1. The van der Waals surface area contributed by atoms with E-state index >= 15 is 0 Å². The maximum Gasteiger partial charge on any atom is 0.336 e. The topological polar surface area (TPSA) is 78.6 Å². The number of rotatable bonds is 6. The third kappa shape index (κ3) is 4.10. The van der Waals surface area contributed by atoms with Crippen molar-refractivity contribution in [3.63, 3.8) is 0 Å². The fraction of sp³-hybridized carbons (Fsp3) is 0.115. The molecule has 2 aromatic heterocycles. The molecule has 6 nitrogen and oxygen atoms in total. The average molecular weight is 456 g/mol. The third-order valence-corrected chi connectivity index (χ3v) is 6.09. The van der Waals surface area contributed by atoms with E-state index in [0.717, 1.165) is 11.3 Å². The molecular weight excluding hydrogens is 434 g/mol. The molecule has 1 saturated heterocycles. The predicted molar refractivity (Wildman–Crippen MR) is 129 cm³/mol. The Morgan fingerprint density at radius 1 is 1.00 bits per heavy atom. The van der Waals surface area contributed by atoms with Crippen molar-refractivity contribution < 1.29 is 14.3 Å². The summed E-state index contributed by atoms with van der Waals surface area (Å²) in [5, 5.41) is 13.6. The summed E-state index contributed by atoms with van der Waals surface area (Å²) in [7, 11) is 0. The van der Waals surface area contributed by atoms with Crippen LogP contribution >= 0.6 is 12.2 Å². The van der Waals surface area contributed by atoms with Crippen LogP contribution in [0.25, 0.3) is 11.3 Å². The average Bonchev–Trinajstić information content (AvgIpc) is 3.45. The van der Waals surface area contributed by atoms with Crippen LogP contribution in [0.4, 0.5) is 0 Å². The monoisotopic (exact) mass is 455 g/mol. The Kier molecular flexibility index (Phi) is 5.62. The van der Waals surface area contributed by atoms with Crippen LogP contribution in [0.15, 0.2) is 95.5 Å². The second-order valence-electron chi connectivity index (χ2n) is 7.79. The van der Waals surface area contributed by atoms with Crippen LogP contribution < -0.4 is 5.32 Å². The van der Waals surface area contributed by atoms with E-state index in [4.69, 9.17) is 16.6 Å². The van der Waals surface area contributed by atoms with Gasteiger partial charge in [-0.3, -0.25) is 4.98 Å². The predicted octanol–water partition coefficient (Wildman–Crippen LogP) is 5.21. The molecule has 5 rings (SSSR count).